The van der Waals surface area contributed by atoms with E-state index in [1.54, 1.807) is 6.07 Å². The third-order valence-corrected chi connectivity index (χ3v) is 4.09. The quantitative estimate of drug-likeness (QED) is 0.766. The van der Waals surface area contributed by atoms with Gasteiger partial charge in [-0.15, -0.1) is 21.5 Å². The lowest BCUT2D eigenvalue weighted by molar-refractivity contribution is 0.0955. The van der Waals surface area contributed by atoms with Crippen LogP contribution < -0.4 is 10.9 Å². The highest BCUT2D eigenvalue weighted by Gasteiger charge is 2.11. The molecule has 0 fully saturated rings. The largest absolute Gasteiger partial charge is 0.352 e. The molecular formula is C15H14N4O2S. The molecule has 2 heterocycles. The van der Waals surface area contributed by atoms with Crippen LogP contribution >= 0.6 is 11.3 Å². The molecule has 7 heteroatoms. The number of hydrogen-bond donors (Lipinski definition) is 2. The number of carbonyl (C=O) groups is 1. The van der Waals surface area contributed by atoms with Crippen LogP contribution in [0.4, 0.5) is 0 Å². The van der Waals surface area contributed by atoms with Gasteiger partial charge in [-0.1, -0.05) is 18.2 Å². The molecule has 0 saturated carbocycles. The van der Waals surface area contributed by atoms with Crippen LogP contribution in [0.3, 0.4) is 0 Å². The Labute approximate surface area is 130 Å². The minimum Gasteiger partial charge on any atom is -0.352 e. The Bertz CT molecular complexity index is 884. The van der Waals surface area contributed by atoms with Gasteiger partial charge in [0, 0.05) is 29.9 Å². The van der Waals surface area contributed by atoms with Crippen molar-refractivity contribution in [3.63, 3.8) is 0 Å². The minimum atomic E-state index is -0.288. The molecule has 1 amide bonds. The molecule has 112 valence electrons. The Kier molecular flexibility index (Phi) is 3.97. The molecule has 3 aromatic rings. The van der Waals surface area contributed by atoms with Crippen LogP contribution in [0, 0.1) is 6.92 Å². The van der Waals surface area contributed by atoms with Gasteiger partial charge in [0.15, 0.2) is 0 Å². The number of aryl methyl sites for hydroxylation is 1. The van der Waals surface area contributed by atoms with Crippen LogP contribution in [0.1, 0.15) is 20.4 Å². The molecule has 2 aromatic heterocycles. The van der Waals surface area contributed by atoms with Gasteiger partial charge in [0.2, 0.25) is 5.56 Å². The van der Waals surface area contributed by atoms with Crippen LogP contribution in [0.2, 0.25) is 0 Å². The van der Waals surface area contributed by atoms with Crippen molar-refractivity contribution in [1.82, 2.24) is 20.5 Å². The predicted molar refractivity (Wildman–Crippen MR) is 85.3 cm³/mol. The highest BCUT2D eigenvalue weighted by molar-refractivity contribution is 7.11. The molecule has 0 spiro atoms. The smallest absolute Gasteiger partial charge is 0.252 e. The van der Waals surface area contributed by atoms with Crippen LogP contribution in [0.25, 0.3) is 10.9 Å². The second kappa shape index (κ2) is 6.07. The molecule has 0 radical (unpaired) electrons. The first-order chi connectivity index (χ1) is 10.6. The van der Waals surface area contributed by atoms with Gasteiger partial charge in [0.25, 0.3) is 5.91 Å². The number of hydrogen-bond acceptors (Lipinski definition) is 5. The van der Waals surface area contributed by atoms with Crippen LogP contribution in [0.15, 0.2) is 35.1 Å². The van der Waals surface area contributed by atoms with Gasteiger partial charge in [-0.05, 0) is 13.0 Å². The van der Waals surface area contributed by atoms with Crippen LogP contribution in [-0.4, -0.2) is 27.6 Å². The van der Waals surface area contributed by atoms with Gasteiger partial charge in [0.05, 0.1) is 5.56 Å². The zero-order chi connectivity index (χ0) is 15.5. The molecule has 0 aliphatic carbocycles. The molecule has 0 aliphatic rings. The van der Waals surface area contributed by atoms with Gasteiger partial charge < -0.3 is 10.3 Å². The molecule has 0 atom stereocenters. The van der Waals surface area contributed by atoms with Crippen molar-refractivity contribution < 1.29 is 4.79 Å². The van der Waals surface area contributed by atoms with Gasteiger partial charge in [-0.3, -0.25) is 9.59 Å². The Morgan fingerprint density at radius 1 is 1.32 bits per heavy atom. The SMILES string of the molecule is Cc1nnc(CCNC(=O)c2cc(=O)[nH]c3ccccc23)s1. The Balaban J connectivity index is 1.76. The summed E-state index contributed by atoms with van der Waals surface area (Å²) >= 11 is 1.51. The number of aromatic amines is 1. The van der Waals surface area contributed by atoms with E-state index in [-0.39, 0.29) is 11.5 Å². The number of H-pyrrole nitrogens is 1. The maximum absolute atomic E-state index is 12.3. The molecule has 0 aliphatic heterocycles. The first-order valence-electron chi connectivity index (χ1n) is 6.83. The summed E-state index contributed by atoms with van der Waals surface area (Å²) in [4.78, 5) is 26.7. The summed E-state index contributed by atoms with van der Waals surface area (Å²) in [7, 11) is 0. The van der Waals surface area contributed by atoms with Crippen molar-refractivity contribution in [2.45, 2.75) is 13.3 Å². The van der Waals surface area contributed by atoms with Crippen molar-refractivity contribution >= 4 is 28.1 Å². The Morgan fingerprint density at radius 3 is 2.91 bits per heavy atom. The summed E-state index contributed by atoms with van der Waals surface area (Å²) in [5, 5.41) is 13.3. The van der Waals surface area contributed by atoms with E-state index in [9.17, 15) is 9.59 Å². The highest BCUT2D eigenvalue weighted by atomic mass is 32.1. The zero-order valence-corrected chi connectivity index (χ0v) is 12.7. The number of amides is 1. The van der Waals surface area contributed by atoms with Crippen molar-refractivity contribution in [3.05, 3.63) is 56.3 Å². The number of carbonyl (C=O) groups excluding carboxylic acids is 1. The number of nitrogens with zero attached hydrogens (tertiary/aromatic N) is 2. The van der Waals surface area contributed by atoms with E-state index in [0.29, 0.717) is 24.0 Å². The second-order valence-electron chi connectivity index (χ2n) is 4.81. The summed E-state index contributed by atoms with van der Waals surface area (Å²) in [6.45, 7) is 2.34. The number of benzene rings is 1. The lowest BCUT2D eigenvalue weighted by Crippen LogP contribution is -2.27. The summed E-state index contributed by atoms with van der Waals surface area (Å²) in [6, 6.07) is 8.57. The summed E-state index contributed by atoms with van der Waals surface area (Å²) in [5.41, 5.74) is 0.747. The average molecular weight is 314 g/mol. The minimum absolute atomic E-state index is 0.261. The van der Waals surface area contributed by atoms with Gasteiger partial charge in [0.1, 0.15) is 10.0 Å². The van der Waals surface area contributed by atoms with Crippen molar-refractivity contribution in [1.29, 1.82) is 0 Å². The molecule has 2 N–H and O–H groups in total. The van der Waals surface area contributed by atoms with E-state index < -0.39 is 0 Å². The van der Waals surface area contributed by atoms with Gasteiger partial charge in [-0.2, -0.15) is 0 Å². The molecule has 6 nitrogen and oxygen atoms in total. The second-order valence-corrected chi connectivity index (χ2v) is 6.08. The molecule has 0 unspecified atom stereocenters. The van der Waals surface area contributed by atoms with E-state index in [4.69, 9.17) is 0 Å². The Morgan fingerprint density at radius 2 is 2.14 bits per heavy atom. The lowest BCUT2D eigenvalue weighted by atomic mass is 10.1. The lowest BCUT2D eigenvalue weighted by Gasteiger charge is -2.07. The molecule has 22 heavy (non-hydrogen) atoms. The standard InChI is InChI=1S/C15H14N4O2S/c1-9-18-19-14(22-9)6-7-16-15(21)11-8-13(20)17-12-5-3-2-4-10(11)12/h2-5,8H,6-7H2,1H3,(H,16,21)(H,17,20). The van der Waals surface area contributed by atoms with E-state index in [0.717, 1.165) is 15.4 Å². The predicted octanol–water partition coefficient (Wildman–Crippen LogP) is 1.66. The third-order valence-electron chi connectivity index (χ3n) is 3.19. The third kappa shape index (κ3) is 3.04. The van der Waals surface area contributed by atoms with Gasteiger partial charge >= 0.3 is 0 Å². The first-order valence-corrected chi connectivity index (χ1v) is 7.64. The number of para-hydroxylation sites is 1. The van der Waals surface area contributed by atoms with E-state index in [1.165, 1.54) is 17.4 Å². The van der Waals surface area contributed by atoms with E-state index >= 15 is 0 Å². The molecule has 0 saturated heterocycles. The Hall–Kier alpha value is -2.54. The van der Waals surface area contributed by atoms with Crippen molar-refractivity contribution in [2.75, 3.05) is 6.54 Å². The fourth-order valence-electron chi connectivity index (χ4n) is 2.21. The van der Waals surface area contributed by atoms with E-state index in [2.05, 4.69) is 20.5 Å². The average Bonchev–Trinajstić information content (AvgIpc) is 2.91. The number of rotatable bonds is 4. The summed E-state index contributed by atoms with van der Waals surface area (Å²) in [6.07, 6.45) is 0.623. The number of pyridine rings is 1. The molecule has 0 bridgehead atoms. The number of aromatic nitrogens is 3. The first kappa shape index (κ1) is 14.4. The summed E-state index contributed by atoms with van der Waals surface area (Å²) < 4.78 is 0. The topological polar surface area (TPSA) is 87.7 Å². The summed E-state index contributed by atoms with van der Waals surface area (Å²) in [5.74, 6) is -0.261. The number of fused-ring (bicyclic) bond motifs is 1. The van der Waals surface area contributed by atoms with Crippen LogP contribution in [-0.2, 0) is 6.42 Å². The van der Waals surface area contributed by atoms with Crippen molar-refractivity contribution in [2.24, 2.45) is 0 Å². The fraction of sp³-hybridized carbons (Fsp3) is 0.200. The maximum atomic E-state index is 12.3. The monoisotopic (exact) mass is 314 g/mol. The zero-order valence-electron chi connectivity index (χ0n) is 11.9. The van der Waals surface area contributed by atoms with E-state index in [1.807, 2.05) is 25.1 Å². The number of nitrogens with one attached hydrogen (secondary N) is 2. The highest BCUT2D eigenvalue weighted by Crippen LogP contribution is 2.14. The maximum Gasteiger partial charge on any atom is 0.252 e. The van der Waals surface area contributed by atoms with Crippen LogP contribution in [0.5, 0.6) is 0 Å². The molecular weight excluding hydrogens is 300 g/mol. The van der Waals surface area contributed by atoms with Crippen molar-refractivity contribution in [3.8, 4) is 0 Å². The molecule has 3 rings (SSSR count). The molecule has 1 aromatic carbocycles. The fourth-order valence-corrected chi connectivity index (χ4v) is 2.92. The normalized spacial score (nSPS) is 10.8. The van der Waals surface area contributed by atoms with Gasteiger partial charge in [-0.25, -0.2) is 0 Å².